The van der Waals surface area contributed by atoms with Crippen molar-refractivity contribution in [2.24, 2.45) is 5.73 Å². The molecule has 0 saturated heterocycles. The Labute approximate surface area is 96.4 Å². The van der Waals surface area contributed by atoms with Crippen molar-refractivity contribution in [1.82, 2.24) is 9.03 Å². The summed E-state index contributed by atoms with van der Waals surface area (Å²) in [7, 11) is -0.382. The molecule has 16 heavy (non-hydrogen) atoms. The van der Waals surface area contributed by atoms with Crippen LogP contribution in [-0.2, 0) is 23.3 Å². The molecule has 0 unspecified atom stereocenters. The van der Waals surface area contributed by atoms with E-state index in [4.69, 9.17) is 5.73 Å². The van der Waals surface area contributed by atoms with Crippen LogP contribution in [0.1, 0.15) is 11.1 Å². The lowest BCUT2D eigenvalue weighted by Crippen LogP contribution is -2.35. The summed E-state index contributed by atoms with van der Waals surface area (Å²) in [5.74, 6) is 0. The lowest BCUT2D eigenvalue weighted by atomic mass is 10.1. The molecule has 0 aliphatic rings. The number of hydrogen-bond acceptors (Lipinski definition) is 3. The molecular formula is C10H17N3O2S. The second-order valence-electron chi connectivity index (χ2n) is 3.63. The summed E-state index contributed by atoms with van der Waals surface area (Å²) in [6.45, 7) is 0.773. The number of hydrogen-bond donors (Lipinski definition) is 2. The van der Waals surface area contributed by atoms with E-state index < -0.39 is 10.2 Å². The maximum Gasteiger partial charge on any atom is 0.279 e. The number of nitrogens with one attached hydrogen (secondary N) is 1. The van der Waals surface area contributed by atoms with Crippen molar-refractivity contribution in [3.05, 3.63) is 35.4 Å². The van der Waals surface area contributed by atoms with Crippen LogP contribution in [-0.4, -0.2) is 26.8 Å². The Hall–Kier alpha value is -0.950. The summed E-state index contributed by atoms with van der Waals surface area (Å²) < 4.78 is 26.5. The molecule has 1 aromatic carbocycles. The van der Waals surface area contributed by atoms with Gasteiger partial charge in [0.2, 0.25) is 0 Å². The van der Waals surface area contributed by atoms with E-state index in [1.165, 1.54) is 14.1 Å². The van der Waals surface area contributed by atoms with E-state index in [2.05, 4.69) is 4.72 Å². The topological polar surface area (TPSA) is 75.4 Å². The van der Waals surface area contributed by atoms with Gasteiger partial charge in [-0.3, -0.25) is 0 Å². The largest absolute Gasteiger partial charge is 0.326 e. The van der Waals surface area contributed by atoms with Gasteiger partial charge in [-0.15, -0.1) is 0 Å². The molecular weight excluding hydrogens is 226 g/mol. The predicted molar refractivity (Wildman–Crippen MR) is 63.8 cm³/mol. The van der Waals surface area contributed by atoms with Crippen molar-refractivity contribution in [2.75, 3.05) is 14.1 Å². The minimum atomic E-state index is -3.35. The molecule has 0 fully saturated rings. The average Bonchev–Trinajstić information content (AvgIpc) is 2.27. The molecule has 1 aromatic rings. The van der Waals surface area contributed by atoms with Crippen LogP contribution in [0.2, 0.25) is 0 Å². The predicted octanol–water partition coefficient (Wildman–Crippen LogP) is 0.0413. The molecule has 0 bridgehead atoms. The van der Waals surface area contributed by atoms with E-state index in [1.54, 1.807) is 0 Å². The highest BCUT2D eigenvalue weighted by Crippen LogP contribution is 2.04. The lowest BCUT2D eigenvalue weighted by Gasteiger charge is -2.12. The summed E-state index contributed by atoms with van der Waals surface area (Å²) in [5, 5.41) is 0. The van der Waals surface area contributed by atoms with E-state index in [-0.39, 0.29) is 6.54 Å². The van der Waals surface area contributed by atoms with Gasteiger partial charge in [0, 0.05) is 27.2 Å². The van der Waals surface area contributed by atoms with Gasteiger partial charge < -0.3 is 5.73 Å². The zero-order chi connectivity index (χ0) is 12.2. The Morgan fingerprint density at radius 3 is 2.12 bits per heavy atom. The Morgan fingerprint density at radius 2 is 1.69 bits per heavy atom. The molecule has 0 saturated carbocycles. The first-order valence-electron chi connectivity index (χ1n) is 4.90. The van der Waals surface area contributed by atoms with Crippen molar-refractivity contribution in [2.45, 2.75) is 13.1 Å². The van der Waals surface area contributed by atoms with Gasteiger partial charge in [-0.2, -0.15) is 17.4 Å². The first-order valence-corrected chi connectivity index (χ1v) is 6.34. The average molecular weight is 243 g/mol. The zero-order valence-corrected chi connectivity index (χ0v) is 10.3. The maximum absolute atomic E-state index is 11.4. The van der Waals surface area contributed by atoms with Crippen molar-refractivity contribution in [3.8, 4) is 0 Å². The van der Waals surface area contributed by atoms with Crippen LogP contribution in [0.3, 0.4) is 0 Å². The Bertz CT molecular complexity index is 426. The second kappa shape index (κ2) is 5.40. The minimum absolute atomic E-state index is 0.283. The van der Waals surface area contributed by atoms with Gasteiger partial charge in [-0.1, -0.05) is 24.3 Å². The third-order valence-corrected chi connectivity index (χ3v) is 3.67. The summed E-state index contributed by atoms with van der Waals surface area (Å²) in [5.41, 5.74) is 7.40. The van der Waals surface area contributed by atoms with Gasteiger partial charge in [-0.05, 0) is 11.1 Å². The fraction of sp³-hybridized carbons (Fsp3) is 0.400. The number of rotatable bonds is 5. The van der Waals surface area contributed by atoms with Gasteiger partial charge in [0.1, 0.15) is 0 Å². The molecule has 0 spiro atoms. The monoisotopic (exact) mass is 243 g/mol. The zero-order valence-electron chi connectivity index (χ0n) is 9.47. The Kier molecular flexibility index (Phi) is 4.43. The van der Waals surface area contributed by atoms with Crippen molar-refractivity contribution >= 4 is 10.2 Å². The first-order chi connectivity index (χ1) is 7.45. The molecule has 5 nitrogen and oxygen atoms in total. The van der Waals surface area contributed by atoms with Crippen molar-refractivity contribution in [3.63, 3.8) is 0 Å². The number of nitrogens with two attached hydrogens (primary N) is 1. The summed E-state index contributed by atoms with van der Waals surface area (Å²) >= 11 is 0. The molecule has 1 rings (SSSR count). The number of nitrogens with zero attached hydrogens (tertiary/aromatic N) is 1. The van der Waals surface area contributed by atoms with Crippen molar-refractivity contribution < 1.29 is 8.42 Å². The SMILES string of the molecule is CN(C)S(=O)(=O)NCc1ccc(CN)cc1. The summed E-state index contributed by atoms with van der Waals surface area (Å²) in [6.07, 6.45) is 0. The fourth-order valence-electron chi connectivity index (χ4n) is 1.10. The van der Waals surface area contributed by atoms with Gasteiger partial charge >= 0.3 is 0 Å². The summed E-state index contributed by atoms with van der Waals surface area (Å²) in [6, 6.07) is 7.50. The van der Waals surface area contributed by atoms with Gasteiger partial charge in [-0.25, -0.2) is 0 Å². The van der Waals surface area contributed by atoms with E-state index in [0.29, 0.717) is 6.54 Å². The van der Waals surface area contributed by atoms with Crippen LogP contribution >= 0.6 is 0 Å². The highest BCUT2D eigenvalue weighted by Gasteiger charge is 2.11. The normalized spacial score (nSPS) is 12.0. The van der Waals surface area contributed by atoms with E-state index >= 15 is 0 Å². The smallest absolute Gasteiger partial charge is 0.279 e. The van der Waals surface area contributed by atoms with Crippen LogP contribution < -0.4 is 10.5 Å². The molecule has 0 amide bonds. The van der Waals surface area contributed by atoms with Crippen LogP contribution in [0.4, 0.5) is 0 Å². The molecule has 3 N–H and O–H groups in total. The highest BCUT2D eigenvalue weighted by atomic mass is 32.2. The van der Waals surface area contributed by atoms with E-state index in [1.807, 2.05) is 24.3 Å². The van der Waals surface area contributed by atoms with Crippen LogP contribution in [0.15, 0.2) is 24.3 Å². The Balaban J connectivity index is 2.62. The van der Waals surface area contributed by atoms with E-state index in [9.17, 15) is 8.42 Å². The minimum Gasteiger partial charge on any atom is -0.326 e. The molecule has 0 aliphatic carbocycles. The van der Waals surface area contributed by atoms with Gasteiger partial charge in [0.05, 0.1) is 0 Å². The maximum atomic E-state index is 11.4. The molecule has 6 heteroatoms. The highest BCUT2D eigenvalue weighted by molar-refractivity contribution is 7.87. The van der Waals surface area contributed by atoms with Gasteiger partial charge in [0.15, 0.2) is 0 Å². The van der Waals surface area contributed by atoms with Crippen LogP contribution in [0, 0.1) is 0 Å². The van der Waals surface area contributed by atoms with Crippen LogP contribution in [0.25, 0.3) is 0 Å². The summed E-state index contributed by atoms with van der Waals surface area (Å²) in [4.78, 5) is 0. The van der Waals surface area contributed by atoms with Gasteiger partial charge in [0.25, 0.3) is 10.2 Å². The molecule has 0 radical (unpaired) electrons. The number of benzene rings is 1. The molecule has 90 valence electrons. The fourth-order valence-corrected chi connectivity index (χ4v) is 1.70. The first kappa shape index (κ1) is 13.1. The molecule has 0 aliphatic heterocycles. The molecule has 0 atom stereocenters. The quantitative estimate of drug-likeness (QED) is 0.767. The van der Waals surface area contributed by atoms with Crippen molar-refractivity contribution in [1.29, 1.82) is 0 Å². The third kappa shape index (κ3) is 3.57. The molecule has 0 aromatic heterocycles. The third-order valence-electron chi connectivity index (χ3n) is 2.20. The lowest BCUT2D eigenvalue weighted by molar-refractivity contribution is 0.505. The van der Waals surface area contributed by atoms with E-state index in [0.717, 1.165) is 15.4 Å². The van der Waals surface area contributed by atoms with Crippen LogP contribution in [0.5, 0.6) is 0 Å². The Morgan fingerprint density at radius 1 is 1.19 bits per heavy atom. The second-order valence-corrected chi connectivity index (χ2v) is 5.60. The molecule has 0 heterocycles. The standard InChI is InChI=1S/C10H17N3O2S/c1-13(2)16(14,15)12-8-10-5-3-9(7-11)4-6-10/h3-6,12H,7-8,11H2,1-2H3.